The molecule has 4 fully saturated rings. The lowest BCUT2D eigenvalue weighted by Crippen LogP contribution is -2.57. The van der Waals surface area contributed by atoms with E-state index in [1.807, 2.05) is 91.8 Å². The molecule has 91 heavy (non-hydrogen) atoms. The first-order valence-electron chi connectivity index (χ1n) is 30.5. The number of nitrogens with zero attached hydrogens (tertiary/aromatic N) is 4. The Balaban J connectivity index is 0.000000134. The Bertz CT molecular complexity index is 4060. The number of piperidine rings is 4. The van der Waals surface area contributed by atoms with E-state index in [1.165, 1.54) is 0 Å². The number of nitrogens with one attached hydrogen (secondary N) is 4. The van der Waals surface area contributed by atoms with E-state index in [4.69, 9.17) is 0 Å². The fourth-order valence-electron chi connectivity index (χ4n) is 12.7. The summed E-state index contributed by atoms with van der Waals surface area (Å²) < 4.78 is 0. The molecule has 0 bridgehead atoms. The third-order valence-corrected chi connectivity index (χ3v) is 17.5. The average Bonchev–Trinajstić information content (AvgIpc) is 1.01. The predicted octanol–water partition coefficient (Wildman–Crippen LogP) is 6.47. The van der Waals surface area contributed by atoms with Crippen molar-refractivity contribution in [1.29, 1.82) is 0 Å². The van der Waals surface area contributed by atoms with Gasteiger partial charge in [0.2, 0.25) is 41.4 Å². The third kappa shape index (κ3) is 11.7. The first-order valence-corrected chi connectivity index (χ1v) is 30.5. The largest absolute Gasteiger partial charge is 0.354 e. The molecule has 4 N–H and O–H groups in total. The van der Waals surface area contributed by atoms with E-state index in [0.29, 0.717) is 62.9 Å². The highest BCUT2D eigenvalue weighted by atomic mass is 16.2. The third-order valence-electron chi connectivity index (χ3n) is 17.5. The zero-order valence-electron chi connectivity index (χ0n) is 51.5. The van der Waals surface area contributed by atoms with Crippen molar-refractivity contribution in [2.24, 2.45) is 0 Å². The van der Waals surface area contributed by atoms with E-state index in [9.17, 15) is 71.9 Å². The van der Waals surface area contributed by atoms with Crippen molar-refractivity contribution >= 4 is 99.4 Å². The maximum atomic E-state index is 13.2. The number of carbonyl (C=O) groups excluding carboxylic acids is 15. The summed E-state index contributed by atoms with van der Waals surface area (Å²) >= 11 is 0. The van der Waals surface area contributed by atoms with E-state index in [0.717, 1.165) is 53.7 Å². The lowest BCUT2D eigenvalue weighted by Gasteiger charge is -2.34. The zero-order valence-corrected chi connectivity index (χ0v) is 51.5. The Labute approximate surface area is 523 Å². The van der Waals surface area contributed by atoms with Gasteiger partial charge in [-0.15, -0.1) is 0 Å². The maximum Gasteiger partial charge on any atom is 0.262 e. The number of imide groups is 7. The Hall–Kier alpha value is -10.2. The molecular weight excluding hydrogens is 1170 g/mol. The minimum Gasteiger partial charge on any atom is -0.354 e. The second-order valence-electron chi connectivity index (χ2n) is 24.7. The summed E-state index contributed by atoms with van der Waals surface area (Å²) in [6.07, 6.45) is 2.17. The molecule has 23 heteroatoms. The Morgan fingerprint density at radius 3 is 1.18 bits per heavy atom. The van der Waals surface area contributed by atoms with Crippen molar-refractivity contribution in [1.82, 2.24) is 40.9 Å². The smallest absolute Gasteiger partial charge is 0.262 e. The topological polar surface area (TPSA) is 317 Å². The van der Waals surface area contributed by atoms with Crippen molar-refractivity contribution in [2.45, 2.75) is 155 Å². The second kappa shape index (κ2) is 25.4. The van der Waals surface area contributed by atoms with E-state index in [-0.39, 0.29) is 97.6 Å². The minimum atomic E-state index is -0.959. The van der Waals surface area contributed by atoms with Crippen LogP contribution in [0.1, 0.15) is 236 Å². The van der Waals surface area contributed by atoms with Gasteiger partial charge in [0, 0.05) is 42.3 Å². The number of hydrogen-bond acceptors (Lipinski definition) is 15. The molecule has 8 aliphatic heterocycles. The van der Waals surface area contributed by atoms with Crippen molar-refractivity contribution in [2.75, 3.05) is 6.54 Å². The van der Waals surface area contributed by atoms with Crippen LogP contribution in [0.25, 0.3) is 10.8 Å². The Kier molecular flexibility index (Phi) is 17.8. The van der Waals surface area contributed by atoms with Gasteiger partial charge in [-0.2, -0.15) is 0 Å². The lowest BCUT2D eigenvalue weighted by atomic mass is 9.88. The summed E-state index contributed by atoms with van der Waals surface area (Å²) in [5, 5.41) is 10.8. The fourth-order valence-corrected chi connectivity index (χ4v) is 12.7. The zero-order chi connectivity index (χ0) is 65.8. The number of benzene rings is 5. The molecular formula is C68H68N8O15. The second-order valence-corrected chi connectivity index (χ2v) is 24.7. The van der Waals surface area contributed by atoms with Crippen LogP contribution < -0.4 is 21.3 Å². The highest BCUT2D eigenvalue weighted by Crippen LogP contribution is 2.38. The average molecular weight is 1240 g/mol. The molecule has 0 saturated carbocycles. The highest BCUT2D eigenvalue weighted by Gasteiger charge is 2.49. The van der Waals surface area contributed by atoms with Gasteiger partial charge in [0.15, 0.2) is 0 Å². The monoisotopic (exact) mass is 1240 g/mol. The van der Waals surface area contributed by atoms with Crippen LogP contribution in [-0.4, -0.2) is 139 Å². The SMILES string of the molecule is CC(C)c1cc2c3c(cccc3c1)C(=O)N(C1CCC(=O)NC1=O)C2=O.CC(C)c1ccc2c(c1)C(=O)N(C1CCC(=O)NC1=O)C2=O.CC(C)c1cccc2c1C(=O)N(C1CCC(=O)NC1=O)C2=O.CC(C)c1cccc2c1C(=O)N(C1CCCNC1=O)C2=O. The molecule has 0 radical (unpaired) electrons. The van der Waals surface area contributed by atoms with E-state index < -0.39 is 77.3 Å². The van der Waals surface area contributed by atoms with Crippen molar-refractivity contribution in [3.05, 3.63) is 152 Å². The molecule has 8 heterocycles. The van der Waals surface area contributed by atoms with Gasteiger partial charge in [-0.1, -0.05) is 104 Å². The van der Waals surface area contributed by atoms with Crippen molar-refractivity contribution in [3.8, 4) is 0 Å². The first-order chi connectivity index (χ1) is 43.2. The molecule has 4 saturated heterocycles. The van der Waals surface area contributed by atoms with E-state index >= 15 is 0 Å². The van der Waals surface area contributed by atoms with Crippen LogP contribution in [0.3, 0.4) is 0 Å². The minimum absolute atomic E-state index is 0.0911. The lowest BCUT2D eigenvalue weighted by molar-refractivity contribution is -0.137. The molecule has 4 unspecified atom stereocenters. The molecule has 4 atom stereocenters. The van der Waals surface area contributed by atoms with Gasteiger partial charge in [0.1, 0.15) is 24.2 Å². The highest BCUT2D eigenvalue weighted by molar-refractivity contribution is 6.28. The van der Waals surface area contributed by atoms with Crippen LogP contribution in [0.5, 0.6) is 0 Å². The molecule has 8 aliphatic rings. The van der Waals surface area contributed by atoms with Gasteiger partial charge in [-0.3, -0.25) is 107 Å². The normalized spacial score (nSPS) is 21.1. The fraction of sp³-hybridized carbons (Fsp3) is 0.368. The molecule has 0 aliphatic carbocycles. The van der Waals surface area contributed by atoms with E-state index in [2.05, 4.69) is 21.3 Å². The van der Waals surface area contributed by atoms with Gasteiger partial charge >= 0.3 is 0 Å². The van der Waals surface area contributed by atoms with Gasteiger partial charge < -0.3 is 5.32 Å². The summed E-state index contributed by atoms with van der Waals surface area (Å²) in [5.74, 6) is -5.92. The van der Waals surface area contributed by atoms with Crippen LogP contribution in [-0.2, 0) is 33.6 Å². The number of fused-ring (bicyclic) bond motifs is 3. The molecule has 0 aromatic heterocycles. The van der Waals surface area contributed by atoms with Crippen LogP contribution >= 0.6 is 0 Å². The number of amides is 15. The molecule has 5 aromatic carbocycles. The molecule has 15 amide bonds. The Morgan fingerprint density at radius 2 is 0.736 bits per heavy atom. The van der Waals surface area contributed by atoms with Gasteiger partial charge in [-0.05, 0) is 120 Å². The number of carbonyl (C=O) groups is 15. The van der Waals surface area contributed by atoms with Crippen LogP contribution in [0.2, 0.25) is 0 Å². The molecule has 23 nitrogen and oxygen atoms in total. The molecule has 470 valence electrons. The number of hydrogen-bond donors (Lipinski definition) is 4. The summed E-state index contributed by atoms with van der Waals surface area (Å²) in [4.78, 5) is 188. The maximum absolute atomic E-state index is 13.2. The summed E-state index contributed by atoms with van der Waals surface area (Å²) in [5.41, 5.74) is 6.73. The van der Waals surface area contributed by atoms with E-state index in [1.54, 1.807) is 48.5 Å². The van der Waals surface area contributed by atoms with Crippen molar-refractivity contribution < 1.29 is 71.9 Å². The Morgan fingerprint density at radius 1 is 0.352 bits per heavy atom. The summed E-state index contributed by atoms with van der Waals surface area (Å²) in [6, 6.07) is 21.4. The van der Waals surface area contributed by atoms with Crippen LogP contribution in [0, 0.1) is 0 Å². The van der Waals surface area contributed by atoms with Gasteiger partial charge in [0.25, 0.3) is 47.3 Å². The summed E-state index contributed by atoms with van der Waals surface area (Å²) in [6.45, 7) is 16.6. The molecule has 13 rings (SSSR count). The number of rotatable bonds is 8. The standard InChI is InChI=1S/C20H18N2O4.2C16H16N2O4.C16H18N2O3/c1-10(2)12-8-11-4-3-5-13-17(11)14(9-12)20(26)22(19(13)25)15-6-7-16(23)21-18(15)24;1-8(2)9-3-4-10-11(7-9)16(22)18(15(10)21)12-5-6-13(19)17-14(12)20;1-8(2)9-4-3-5-10-13(9)16(22)18(15(10)21)11-6-7-12(19)17-14(11)20;1-9(2)10-5-3-6-11-13(10)16(21)18(15(11)20)12-7-4-8-17-14(12)19/h3-5,8-10,15H,6-7H2,1-2H3,(H,21,23,24);3-4,7-8,12H,5-6H2,1-2H3,(H,17,19,20);3-5,8,11H,6-7H2,1-2H3,(H,17,19,20);3,5-6,9,12H,4,7-8H2,1-2H3,(H,17,19). The van der Waals surface area contributed by atoms with Crippen LogP contribution in [0.15, 0.2) is 84.9 Å². The first kappa shape index (κ1) is 63.8. The summed E-state index contributed by atoms with van der Waals surface area (Å²) in [7, 11) is 0. The quantitative estimate of drug-likeness (QED) is 0.121. The molecule has 5 aromatic rings. The predicted molar refractivity (Wildman–Crippen MR) is 326 cm³/mol. The molecule has 0 spiro atoms. The van der Waals surface area contributed by atoms with Gasteiger partial charge in [-0.25, -0.2) is 0 Å². The van der Waals surface area contributed by atoms with Crippen molar-refractivity contribution in [3.63, 3.8) is 0 Å². The van der Waals surface area contributed by atoms with Crippen LogP contribution in [0.4, 0.5) is 0 Å². The van der Waals surface area contributed by atoms with Gasteiger partial charge in [0.05, 0.1) is 33.4 Å².